The first-order valence-corrected chi connectivity index (χ1v) is 11.6. The van der Waals surface area contributed by atoms with Crippen LogP contribution in [0.2, 0.25) is 0 Å². The van der Waals surface area contributed by atoms with Crippen LogP contribution in [0.25, 0.3) is 33.3 Å². The molecule has 2 aromatic heterocycles. The average Bonchev–Trinajstić information content (AvgIpc) is 3.19. The Balaban J connectivity index is 1.34. The maximum atomic E-state index is 14.5. The summed E-state index contributed by atoms with van der Waals surface area (Å²) in [4.78, 5) is 28.1. The van der Waals surface area contributed by atoms with Crippen LogP contribution in [0.3, 0.4) is 0 Å². The number of nitrogens with one attached hydrogen (secondary N) is 2. The van der Waals surface area contributed by atoms with E-state index in [4.69, 9.17) is 10.5 Å². The second-order valence-electron chi connectivity index (χ2n) is 9.64. The van der Waals surface area contributed by atoms with Crippen molar-refractivity contribution in [3.63, 3.8) is 0 Å². The van der Waals surface area contributed by atoms with Crippen LogP contribution in [-0.2, 0) is 4.74 Å². The van der Waals surface area contributed by atoms with Crippen molar-refractivity contribution in [3.8, 4) is 11.4 Å². The molecule has 0 unspecified atom stereocenters. The molecule has 2 saturated heterocycles. The predicted octanol–water partition coefficient (Wildman–Crippen LogP) is 3.09. The lowest BCUT2D eigenvalue weighted by Crippen LogP contribution is -2.71. The second-order valence-corrected chi connectivity index (χ2v) is 9.64. The van der Waals surface area contributed by atoms with E-state index in [1.54, 1.807) is 6.07 Å². The maximum absolute atomic E-state index is 14.5. The van der Waals surface area contributed by atoms with Crippen molar-refractivity contribution in [2.24, 2.45) is 0 Å². The minimum absolute atomic E-state index is 0.0749. The number of pyridine rings is 1. The number of likely N-dealkylation sites (tertiary alicyclic amines) is 1. The van der Waals surface area contributed by atoms with E-state index in [1.165, 1.54) is 12.1 Å². The van der Waals surface area contributed by atoms with E-state index in [-0.39, 0.29) is 22.2 Å². The van der Waals surface area contributed by atoms with Crippen molar-refractivity contribution in [1.82, 2.24) is 19.9 Å². The summed E-state index contributed by atoms with van der Waals surface area (Å²) < 4.78 is 20.6. The summed E-state index contributed by atoms with van der Waals surface area (Å²) in [5.41, 5.74) is 8.88. The van der Waals surface area contributed by atoms with Gasteiger partial charge in [0.25, 0.3) is 5.56 Å². The zero-order valence-corrected chi connectivity index (χ0v) is 19.2. The number of fused-ring (bicyclic) bond motifs is 2. The number of anilines is 2. The number of halogens is 1. The summed E-state index contributed by atoms with van der Waals surface area (Å²) in [6, 6.07) is 11.0. The molecule has 176 valence electrons. The Morgan fingerprint density at radius 3 is 2.76 bits per heavy atom. The molecule has 6 rings (SSSR count). The summed E-state index contributed by atoms with van der Waals surface area (Å²) in [6.07, 6.45) is 0. The number of morpholine rings is 1. The number of nitrogens with two attached hydrogens (primary N) is 1. The Morgan fingerprint density at radius 2 is 1.97 bits per heavy atom. The van der Waals surface area contributed by atoms with Gasteiger partial charge in [-0.05, 0) is 44.2 Å². The van der Waals surface area contributed by atoms with E-state index in [2.05, 4.69) is 38.6 Å². The molecule has 0 radical (unpaired) electrons. The number of nitrogens with zero attached hydrogens (tertiary/aromatic N) is 3. The molecule has 4 heterocycles. The molecule has 4 aromatic rings. The molecule has 2 aliphatic rings. The van der Waals surface area contributed by atoms with Crippen LogP contribution in [0.5, 0.6) is 0 Å². The predicted molar refractivity (Wildman–Crippen MR) is 132 cm³/mol. The summed E-state index contributed by atoms with van der Waals surface area (Å²) in [5, 5.41) is 0.188. The third kappa shape index (κ3) is 3.26. The number of H-pyrrole nitrogens is 2. The number of aromatic amines is 2. The van der Waals surface area contributed by atoms with Gasteiger partial charge in [0.15, 0.2) is 0 Å². The third-order valence-electron chi connectivity index (χ3n) is 7.06. The summed E-state index contributed by atoms with van der Waals surface area (Å²) in [7, 11) is 0. The number of aromatic nitrogens is 3. The van der Waals surface area contributed by atoms with Crippen molar-refractivity contribution in [2.45, 2.75) is 25.5 Å². The molecule has 9 heteroatoms. The summed E-state index contributed by atoms with van der Waals surface area (Å²) >= 11 is 0. The topological polar surface area (TPSA) is 103 Å². The SMILES string of the molecule is CC(C)N1CC2(CN(c3ccc4nc(-c5c(N)c6c(F)cccc6[nH]c5=O)[nH]c4c3)CCO2)C1. The Hall–Kier alpha value is -3.43. The van der Waals surface area contributed by atoms with Crippen LogP contribution in [0.1, 0.15) is 13.8 Å². The van der Waals surface area contributed by atoms with Gasteiger partial charge in [0.1, 0.15) is 22.8 Å². The van der Waals surface area contributed by atoms with E-state index in [0.29, 0.717) is 29.5 Å². The average molecular weight is 463 g/mol. The molecule has 0 bridgehead atoms. The molecular formula is C25H27FN6O2. The Bertz CT molecular complexity index is 1470. The second kappa shape index (κ2) is 7.54. The zero-order chi connectivity index (χ0) is 23.6. The van der Waals surface area contributed by atoms with Crippen molar-refractivity contribution in [1.29, 1.82) is 0 Å². The van der Waals surface area contributed by atoms with Gasteiger partial charge in [0, 0.05) is 37.9 Å². The molecule has 4 N–H and O–H groups in total. The molecule has 0 aliphatic carbocycles. The smallest absolute Gasteiger partial charge is 0.261 e. The minimum Gasteiger partial charge on any atom is -0.397 e. The van der Waals surface area contributed by atoms with Gasteiger partial charge in [-0.2, -0.15) is 0 Å². The normalized spacial score (nSPS) is 18.3. The number of benzene rings is 2. The number of hydrogen-bond acceptors (Lipinski definition) is 6. The van der Waals surface area contributed by atoms with E-state index < -0.39 is 11.4 Å². The van der Waals surface area contributed by atoms with Crippen LogP contribution in [-0.4, -0.2) is 64.3 Å². The summed E-state index contributed by atoms with van der Waals surface area (Å²) in [5.74, 6) is -0.166. The Kier molecular flexibility index (Phi) is 4.69. The first kappa shape index (κ1) is 21.1. The largest absolute Gasteiger partial charge is 0.397 e. The van der Waals surface area contributed by atoms with Crippen molar-refractivity contribution in [3.05, 3.63) is 52.6 Å². The van der Waals surface area contributed by atoms with Crippen LogP contribution in [0.15, 0.2) is 41.2 Å². The fourth-order valence-corrected chi connectivity index (χ4v) is 5.20. The van der Waals surface area contributed by atoms with Gasteiger partial charge in [-0.1, -0.05) is 6.07 Å². The van der Waals surface area contributed by atoms with Crippen LogP contribution in [0, 0.1) is 5.82 Å². The van der Waals surface area contributed by atoms with Crippen molar-refractivity contribution < 1.29 is 9.13 Å². The van der Waals surface area contributed by atoms with Crippen LogP contribution >= 0.6 is 0 Å². The lowest BCUT2D eigenvalue weighted by molar-refractivity contribution is -0.157. The Morgan fingerprint density at radius 1 is 1.15 bits per heavy atom. The van der Waals surface area contributed by atoms with E-state index >= 15 is 0 Å². The monoisotopic (exact) mass is 462 g/mol. The lowest BCUT2D eigenvalue weighted by atomic mass is 9.90. The lowest BCUT2D eigenvalue weighted by Gasteiger charge is -2.55. The number of nitrogen functional groups attached to an aromatic ring is 1. The van der Waals surface area contributed by atoms with E-state index in [9.17, 15) is 9.18 Å². The van der Waals surface area contributed by atoms with Crippen molar-refractivity contribution in [2.75, 3.05) is 43.4 Å². The molecule has 34 heavy (non-hydrogen) atoms. The first-order chi connectivity index (χ1) is 16.3. The van der Waals surface area contributed by atoms with Gasteiger partial charge in [-0.3, -0.25) is 9.69 Å². The molecule has 0 amide bonds. The third-order valence-corrected chi connectivity index (χ3v) is 7.06. The number of rotatable bonds is 3. The van der Waals surface area contributed by atoms with Gasteiger partial charge >= 0.3 is 0 Å². The van der Waals surface area contributed by atoms with Gasteiger partial charge < -0.3 is 25.3 Å². The maximum Gasteiger partial charge on any atom is 0.261 e. The highest BCUT2D eigenvalue weighted by molar-refractivity contribution is 5.98. The van der Waals surface area contributed by atoms with E-state index in [0.717, 1.165) is 37.4 Å². The fraction of sp³-hybridized carbons (Fsp3) is 0.360. The van der Waals surface area contributed by atoms with Gasteiger partial charge in [-0.25, -0.2) is 9.37 Å². The summed E-state index contributed by atoms with van der Waals surface area (Å²) in [6.45, 7) is 8.63. The highest BCUT2D eigenvalue weighted by Crippen LogP contribution is 2.34. The zero-order valence-electron chi connectivity index (χ0n) is 19.2. The van der Waals surface area contributed by atoms with Gasteiger partial charge in [0.05, 0.1) is 34.2 Å². The molecule has 1 spiro atoms. The Labute approximate surface area is 195 Å². The van der Waals surface area contributed by atoms with Crippen LogP contribution in [0.4, 0.5) is 15.8 Å². The number of ether oxygens (including phenoxy) is 1. The standard InChI is InChI=1S/C25H27FN6O2/c1-14(2)32-12-25(13-32)11-31(8-9-34-25)15-6-7-17-19(10-15)29-23(28-17)21-22(27)20-16(26)4-3-5-18(20)30-24(21)33/h3-7,10,14H,8-9,11-13H2,1-2H3,(H,28,29)(H3,27,30,33). The highest BCUT2D eigenvalue weighted by Gasteiger charge is 2.47. The number of hydrogen-bond donors (Lipinski definition) is 3. The van der Waals surface area contributed by atoms with Gasteiger partial charge in [-0.15, -0.1) is 0 Å². The quantitative estimate of drug-likeness (QED) is 0.432. The first-order valence-electron chi connectivity index (χ1n) is 11.6. The fourth-order valence-electron chi connectivity index (χ4n) is 5.20. The molecule has 2 aromatic carbocycles. The van der Waals surface area contributed by atoms with Crippen LogP contribution < -0.4 is 16.2 Å². The molecule has 2 aliphatic heterocycles. The van der Waals surface area contributed by atoms with Gasteiger partial charge in [0.2, 0.25) is 0 Å². The minimum atomic E-state index is -0.487. The highest BCUT2D eigenvalue weighted by atomic mass is 19.1. The van der Waals surface area contributed by atoms with Crippen molar-refractivity contribution >= 4 is 33.3 Å². The molecule has 2 fully saturated rings. The molecule has 0 atom stereocenters. The molecule has 8 nitrogen and oxygen atoms in total. The molecule has 0 saturated carbocycles. The number of imidazole rings is 1. The van der Waals surface area contributed by atoms with E-state index in [1.807, 2.05) is 18.2 Å². The molecular weight excluding hydrogens is 435 g/mol.